The van der Waals surface area contributed by atoms with Crippen molar-refractivity contribution in [1.82, 2.24) is 9.13 Å². The van der Waals surface area contributed by atoms with E-state index >= 15 is 0 Å². The molecule has 0 spiro atoms. The van der Waals surface area contributed by atoms with Gasteiger partial charge in [0.1, 0.15) is 0 Å². The number of fused-ring (bicyclic) bond motifs is 6. The third-order valence-electron chi connectivity index (χ3n) is 12.5. The molecule has 0 aliphatic heterocycles. The van der Waals surface area contributed by atoms with E-state index in [0.717, 1.165) is 16.9 Å². The number of benzene rings is 10. The maximum absolute atomic E-state index is 2.51. The summed E-state index contributed by atoms with van der Waals surface area (Å²) in [5, 5.41) is 4.97. The normalized spacial score (nSPS) is 11.5. The zero-order chi connectivity index (χ0) is 41.0. The van der Waals surface area contributed by atoms with Gasteiger partial charge in [-0.3, -0.25) is 0 Å². The lowest BCUT2D eigenvalue weighted by molar-refractivity contribution is 1.18. The van der Waals surface area contributed by atoms with Crippen molar-refractivity contribution in [1.29, 1.82) is 0 Å². The Morgan fingerprint density at radius 3 is 1.15 bits per heavy atom. The highest BCUT2D eigenvalue weighted by Crippen LogP contribution is 2.54. The van der Waals surface area contributed by atoms with E-state index in [4.69, 9.17) is 0 Å². The van der Waals surface area contributed by atoms with E-state index in [2.05, 4.69) is 252 Å². The molecule has 0 atom stereocenters. The first-order valence-corrected chi connectivity index (χ1v) is 21.4. The van der Waals surface area contributed by atoms with Gasteiger partial charge in [0.15, 0.2) is 0 Å². The Bertz CT molecular complexity index is 3510. The summed E-state index contributed by atoms with van der Waals surface area (Å²) in [6, 6.07) is 88.5. The smallest absolute Gasteiger partial charge is 0.0632 e. The third-order valence-corrected chi connectivity index (χ3v) is 12.5. The molecule has 12 rings (SSSR count). The average molecular weight is 789 g/mol. The van der Waals surface area contributed by atoms with Crippen molar-refractivity contribution in [2.24, 2.45) is 0 Å². The maximum Gasteiger partial charge on any atom is 0.0632 e. The minimum atomic E-state index is 1.12. The SMILES string of the molecule is c1ccc(-c2c(-c3ccccc3)c(-c3ccccc3)c3c(c2-c2ccccc2)c2cc(-c4ccc(-n5c6ccccc6c6ccccc65)cc4)ccc2n3-c2ccccc2)cc1. The molecule has 290 valence electrons. The first-order chi connectivity index (χ1) is 30.8. The van der Waals surface area contributed by atoms with Gasteiger partial charge < -0.3 is 9.13 Å². The van der Waals surface area contributed by atoms with Gasteiger partial charge >= 0.3 is 0 Å². The molecule has 0 fully saturated rings. The summed E-state index contributed by atoms with van der Waals surface area (Å²) < 4.78 is 4.90. The first kappa shape index (κ1) is 35.7. The summed E-state index contributed by atoms with van der Waals surface area (Å²) in [6.45, 7) is 0. The van der Waals surface area contributed by atoms with Gasteiger partial charge in [0.05, 0.1) is 22.1 Å². The molecule has 2 nitrogen and oxygen atoms in total. The Morgan fingerprint density at radius 2 is 0.613 bits per heavy atom. The molecule has 62 heavy (non-hydrogen) atoms. The van der Waals surface area contributed by atoms with Crippen LogP contribution in [0.25, 0.3) is 111 Å². The van der Waals surface area contributed by atoms with Crippen molar-refractivity contribution < 1.29 is 0 Å². The lowest BCUT2D eigenvalue weighted by Crippen LogP contribution is -2.00. The van der Waals surface area contributed by atoms with E-state index in [1.807, 2.05) is 0 Å². The largest absolute Gasteiger partial charge is 0.309 e. The van der Waals surface area contributed by atoms with Gasteiger partial charge in [0.25, 0.3) is 0 Å². The van der Waals surface area contributed by atoms with Crippen molar-refractivity contribution >= 4 is 43.6 Å². The molecule has 10 aromatic carbocycles. The third kappa shape index (κ3) is 5.73. The summed E-state index contributed by atoms with van der Waals surface area (Å²) in [6.07, 6.45) is 0. The standard InChI is InChI=1S/C60H40N2/c1-6-20-42(21-7-1)55-56(43-22-8-2-9-23-43)58(45-26-12-4-13-27-45)60-59(57(55)44-24-10-3-11-25-44)51-40-46(36-39-54(51)62(60)47-28-14-5-15-29-47)41-34-37-48(38-35-41)61-52-32-18-16-30-49(52)50-31-17-19-33-53(50)61/h1-40H. The van der Waals surface area contributed by atoms with E-state index in [1.165, 1.54) is 93.7 Å². The molecule has 0 radical (unpaired) electrons. The fourth-order valence-corrected chi connectivity index (χ4v) is 9.87. The lowest BCUT2D eigenvalue weighted by atomic mass is 9.80. The Kier molecular flexibility index (Phi) is 8.53. The van der Waals surface area contributed by atoms with Crippen LogP contribution in [-0.4, -0.2) is 9.13 Å². The fraction of sp³-hybridized carbons (Fsp3) is 0. The Morgan fingerprint density at radius 1 is 0.226 bits per heavy atom. The Labute approximate surface area is 360 Å². The summed E-state index contributed by atoms with van der Waals surface area (Å²) in [5.41, 5.74) is 19.0. The zero-order valence-electron chi connectivity index (χ0n) is 34.0. The molecule has 0 amide bonds. The number of hydrogen-bond acceptors (Lipinski definition) is 0. The summed E-state index contributed by atoms with van der Waals surface area (Å²) in [4.78, 5) is 0. The topological polar surface area (TPSA) is 9.86 Å². The highest BCUT2D eigenvalue weighted by atomic mass is 15.0. The van der Waals surface area contributed by atoms with Crippen molar-refractivity contribution in [3.63, 3.8) is 0 Å². The van der Waals surface area contributed by atoms with Gasteiger partial charge in [0.2, 0.25) is 0 Å². The lowest BCUT2D eigenvalue weighted by Gasteiger charge is -2.24. The second kappa shape index (κ2) is 14.8. The minimum absolute atomic E-state index is 1.12. The molecule has 2 aromatic heterocycles. The first-order valence-electron chi connectivity index (χ1n) is 21.4. The average Bonchev–Trinajstić information content (AvgIpc) is 3.87. The van der Waals surface area contributed by atoms with Crippen LogP contribution >= 0.6 is 0 Å². The molecule has 0 saturated carbocycles. The number of rotatable bonds is 7. The van der Waals surface area contributed by atoms with E-state index in [9.17, 15) is 0 Å². The highest BCUT2D eigenvalue weighted by Gasteiger charge is 2.29. The van der Waals surface area contributed by atoms with Crippen LogP contribution in [0.3, 0.4) is 0 Å². The van der Waals surface area contributed by atoms with Gasteiger partial charge in [-0.15, -0.1) is 0 Å². The van der Waals surface area contributed by atoms with Crippen LogP contribution in [-0.2, 0) is 0 Å². The molecule has 12 aromatic rings. The highest BCUT2D eigenvalue weighted by molar-refractivity contribution is 6.27. The quantitative estimate of drug-likeness (QED) is 0.152. The van der Waals surface area contributed by atoms with Gasteiger partial charge in [-0.2, -0.15) is 0 Å². The number of aromatic nitrogens is 2. The summed E-state index contributed by atoms with van der Waals surface area (Å²) in [5.74, 6) is 0. The van der Waals surface area contributed by atoms with E-state index < -0.39 is 0 Å². The molecular weight excluding hydrogens is 749 g/mol. The van der Waals surface area contributed by atoms with Crippen LogP contribution in [0, 0.1) is 0 Å². The van der Waals surface area contributed by atoms with Crippen molar-refractivity contribution in [3.8, 4) is 67.0 Å². The van der Waals surface area contributed by atoms with Crippen molar-refractivity contribution in [2.75, 3.05) is 0 Å². The van der Waals surface area contributed by atoms with E-state index in [-0.39, 0.29) is 0 Å². The molecule has 0 aliphatic rings. The molecule has 0 N–H and O–H groups in total. The second-order valence-electron chi connectivity index (χ2n) is 16.0. The molecule has 2 heteroatoms. The molecule has 0 unspecified atom stereocenters. The zero-order valence-corrected chi connectivity index (χ0v) is 34.0. The van der Waals surface area contributed by atoms with E-state index in [0.29, 0.717) is 0 Å². The van der Waals surface area contributed by atoms with Gasteiger partial charge in [-0.25, -0.2) is 0 Å². The van der Waals surface area contributed by atoms with Crippen LogP contribution in [0.15, 0.2) is 243 Å². The van der Waals surface area contributed by atoms with E-state index in [1.54, 1.807) is 0 Å². The number of hydrogen-bond donors (Lipinski definition) is 0. The molecule has 0 saturated heterocycles. The number of para-hydroxylation sites is 3. The van der Waals surface area contributed by atoms with Crippen LogP contribution in [0.4, 0.5) is 0 Å². The summed E-state index contributed by atoms with van der Waals surface area (Å²) >= 11 is 0. The van der Waals surface area contributed by atoms with Gasteiger partial charge in [-0.1, -0.05) is 194 Å². The molecule has 0 bridgehead atoms. The predicted octanol–water partition coefficient (Wildman–Crippen LogP) is 16.2. The monoisotopic (exact) mass is 788 g/mol. The fourth-order valence-electron chi connectivity index (χ4n) is 9.87. The molecular formula is C60H40N2. The van der Waals surface area contributed by atoms with Crippen LogP contribution < -0.4 is 0 Å². The molecule has 0 aliphatic carbocycles. The van der Waals surface area contributed by atoms with Gasteiger partial charge in [0, 0.05) is 49.6 Å². The predicted molar refractivity (Wildman–Crippen MR) is 262 cm³/mol. The molecule has 2 heterocycles. The summed E-state index contributed by atoms with van der Waals surface area (Å²) in [7, 11) is 0. The Balaban J connectivity index is 1.21. The van der Waals surface area contributed by atoms with Crippen molar-refractivity contribution in [2.45, 2.75) is 0 Å². The minimum Gasteiger partial charge on any atom is -0.309 e. The second-order valence-corrected chi connectivity index (χ2v) is 16.0. The van der Waals surface area contributed by atoms with Crippen molar-refractivity contribution in [3.05, 3.63) is 243 Å². The Hall–Kier alpha value is -8.20. The van der Waals surface area contributed by atoms with Crippen LogP contribution in [0.2, 0.25) is 0 Å². The van der Waals surface area contributed by atoms with Crippen LogP contribution in [0.5, 0.6) is 0 Å². The maximum atomic E-state index is 2.51. The van der Waals surface area contributed by atoms with Gasteiger partial charge in [-0.05, 0) is 87.5 Å². The van der Waals surface area contributed by atoms with Crippen LogP contribution in [0.1, 0.15) is 0 Å². The number of nitrogens with zero attached hydrogens (tertiary/aromatic N) is 2.